The van der Waals surface area contributed by atoms with E-state index in [1.807, 2.05) is 0 Å². The molecule has 1 unspecified atom stereocenters. The number of hydrogen-bond donors (Lipinski definition) is 3. The Hall–Kier alpha value is -1.10. The van der Waals surface area contributed by atoms with Crippen molar-refractivity contribution in [2.75, 3.05) is 19.6 Å². The van der Waals surface area contributed by atoms with Gasteiger partial charge >= 0.3 is 0 Å². The predicted molar refractivity (Wildman–Crippen MR) is 55.2 cm³/mol. The minimum atomic E-state index is -0.273. The van der Waals surface area contributed by atoms with E-state index >= 15 is 0 Å². The lowest BCUT2D eigenvalue weighted by Crippen LogP contribution is -2.58. The number of nitrogens with one attached hydrogen (secondary N) is 3. The zero-order chi connectivity index (χ0) is 10.9. The number of rotatable bonds is 3. The van der Waals surface area contributed by atoms with Crippen molar-refractivity contribution in [2.45, 2.75) is 25.8 Å². The molecule has 0 spiro atoms. The maximum atomic E-state index is 11.7. The molecule has 2 amide bonds. The average molecular weight is 211 g/mol. The van der Waals surface area contributed by atoms with Gasteiger partial charge in [-0.3, -0.25) is 14.9 Å². The number of carbonyl (C=O) groups is 2. The molecule has 0 aromatic heterocycles. The van der Waals surface area contributed by atoms with Crippen molar-refractivity contribution in [1.82, 2.24) is 16.0 Å². The normalized spacial score (nSPS) is 28.1. The molecule has 1 atom stereocenters. The van der Waals surface area contributed by atoms with Crippen LogP contribution in [0.5, 0.6) is 0 Å². The summed E-state index contributed by atoms with van der Waals surface area (Å²) in [6.07, 6.45) is 2.39. The second-order valence-corrected chi connectivity index (χ2v) is 4.77. The van der Waals surface area contributed by atoms with E-state index in [4.69, 9.17) is 0 Å². The zero-order valence-electron chi connectivity index (χ0n) is 8.93. The van der Waals surface area contributed by atoms with Crippen LogP contribution in [0.4, 0.5) is 0 Å². The van der Waals surface area contributed by atoms with Gasteiger partial charge in [-0.05, 0) is 18.3 Å². The third-order valence-corrected chi connectivity index (χ3v) is 3.12. The van der Waals surface area contributed by atoms with Gasteiger partial charge in [0.15, 0.2) is 0 Å². The van der Waals surface area contributed by atoms with Crippen LogP contribution in [0.25, 0.3) is 0 Å². The molecule has 5 heteroatoms. The maximum Gasteiger partial charge on any atom is 0.238 e. The van der Waals surface area contributed by atoms with Crippen molar-refractivity contribution < 1.29 is 9.59 Å². The number of piperazine rings is 1. The summed E-state index contributed by atoms with van der Waals surface area (Å²) < 4.78 is 0. The molecule has 1 saturated heterocycles. The second kappa shape index (κ2) is 3.81. The van der Waals surface area contributed by atoms with Crippen LogP contribution in [0.15, 0.2) is 0 Å². The summed E-state index contributed by atoms with van der Waals surface area (Å²) >= 11 is 0. The highest BCUT2D eigenvalue weighted by molar-refractivity contribution is 5.86. The molecule has 2 aliphatic rings. The molecule has 3 N–H and O–H groups in total. The van der Waals surface area contributed by atoms with Gasteiger partial charge in [-0.25, -0.2) is 0 Å². The van der Waals surface area contributed by atoms with Gasteiger partial charge in [0.2, 0.25) is 11.8 Å². The molecule has 2 rings (SSSR count). The molecule has 1 saturated carbocycles. The first kappa shape index (κ1) is 10.4. The Balaban J connectivity index is 1.73. The lowest BCUT2D eigenvalue weighted by atomic mass is 10.1. The molecule has 0 aromatic carbocycles. The monoisotopic (exact) mass is 211 g/mol. The largest absolute Gasteiger partial charge is 0.354 e. The highest BCUT2D eigenvalue weighted by Crippen LogP contribution is 2.43. The quantitative estimate of drug-likeness (QED) is 0.560. The standard InChI is InChI=1S/C10H17N3O2/c1-10(2-3-10)6-13-9(15)7-4-12-8(14)5-11-7/h7,11H,2-6H2,1H3,(H,12,14)(H,13,15). The lowest BCUT2D eigenvalue weighted by molar-refractivity contribution is -0.126. The van der Waals surface area contributed by atoms with E-state index < -0.39 is 0 Å². The van der Waals surface area contributed by atoms with Crippen molar-refractivity contribution >= 4 is 11.8 Å². The van der Waals surface area contributed by atoms with Gasteiger partial charge in [0.05, 0.1) is 6.54 Å². The van der Waals surface area contributed by atoms with Crippen LogP contribution in [-0.4, -0.2) is 37.5 Å². The first-order valence-electron chi connectivity index (χ1n) is 5.37. The molecule has 1 heterocycles. The summed E-state index contributed by atoms with van der Waals surface area (Å²) in [5, 5.41) is 8.48. The Morgan fingerprint density at radius 3 is 2.87 bits per heavy atom. The number of hydrogen-bond acceptors (Lipinski definition) is 3. The zero-order valence-corrected chi connectivity index (χ0v) is 8.93. The van der Waals surface area contributed by atoms with Gasteiger partial charge in [0.25, 0.3) is 0 Å². The van der Waals surface area contributed by atoms with E-state index in [-0.39, 0.29) is 24.4 Å². The molecule has 1 aliphatic carbocycles. The molecular weight excluding hydrogens is 194 g/mol. The Labute approximate surface area is 89.0 Å². The predicted octanol–water partition coefficient (Wildman–Crippen LogP) is -1.01. The number of amides is 2. The molecule has 84 valence electrons. The van der Waals surface area contributed by atoms with E-state index in [0.717, 1.165) is 6.54 Å². The van der Waals surface area contributed by atoms with Gasteiger partial charge in [0, 0.05) is 13.1 Å². The van der Waals surface area contributed by atoms with Gasteiger partial charge in [-0.15, -0.1) is 0 Å². The number of carbonyl (C=O) groups excluding carboxylic acids is 2. The highest BCUT2D eigenvalue weighted by atomic mass is 16.2. The molecule has 5 nitrogen and oxygen atoms in total. The summed E-state index contributed by atoms with van der Waals surface area (Å²) in [7, 11) is 0. The lowest BCUT2D eigenvalue weighted by Gasteiger charge is -2.23. The average Bonchev–Trinajstić information content (AvgIpc) is 2.95. The Morgan fingerprint density at radius 2 is 2.33 bits per heavy atom. The Morgan fingerprint density at radius 1 is 1.60 bits per heavy atom. The van der Waals surface area contributed by atoms with Crippen molar-refractivity contribution in [1.29, 1.82) is 0 Å². The van der Waals surface area contributed by atoms with Crippen LogP contribution < -0.4 is 16.0 Å². The summed E-state index contributed by atoms with van der Waals surface area (Å²) in [6, 6.07) is -0.273. The molecule has 15 heavy (non-hydrogen) atoms. The molecule has 0 radical (unpaired) electrons. The maximum absolute atomic E-state index is 11.7. The van der Waals surface area contributed by atoms with Gasteiger partial charge in [-0.1, -0.05) is 6.92 Å². The molecule has 2 fully saturated rings. The summed E-state index contributed by atoms with van der Waals surface area (Å²) in [5.74, 6) is -0.0590. The van der Waals surface area contributed by atoms with Crippen LogP contribution >= 0.6 is 0 Å². The van der Waals surface area contributed by atoms with E-state index in [9.17, 15) is 9.59 Å². The fraction of sp³-hybridized carbons (Fsp3) is 0.800. The van der Waals surface area contributed by atoms with Crippen LogP contribution in [0.3, 0.4) is 0 Å². The van der Waals surface area contributed by atoms with Crippen LogP contribution in [0.2, 0.25) is 0 Å². The van der Waals surface area contributed by atoms with Crippen LogP contribution in [-0.2, 0) is 9.59 Å². The smallest absolute Gasteiger partial charge is 0.238 e. The SMILES string of the molecule is CC1(CNC(=O)C2CNC(=O)CN2)CC1. The topological polar surface area (TPSA) is 70.2 Å². The minimum Gasteiger partial charge on any atom is -0.354 e. The van der Waals surface area contributed by atoms with E-state index in [2.05, 4.69) is 22.9 Å². The van der Waals surface area contributed by atoms with Crippen LogP contribution in [0, 0.1) is 5.41 Å². The second-order valence-electron chi connectivity index (χ2n) is 4.77. The van der Waals surface area contributed by atoms with Crippen LogP contribution in [0.1, 0.15) is 19.8 Å². The van der Waals surface area contributed by atoms with Crippen molar-refractivity contribution in [3.8, 4) is 0 Å². The van der Waals surface area contributed by atoms with Gasteiger partial charge < -0.3 is 10.6 Å². The molecule has 0 aromatic rings. The third-order valence-electron chi connectivity index (χ3n) is 3.12. The summed E-state index contributed by atoms with van der Waals surface area (Å²) in [4.78, 5) is 22.5. The fourth-order valence-electron chi connectivity index (χ4n) is 1.57. The van der Waals surface area contributed by atoms with Crippen molar-refractivity contribution in [2.24, 2.45) is 5.41 Å². The highest BCUT2D eigenvalue weighted by Gasteiger charge is 2.37. The third kappa shape index (κ3) is 2.68. The summed E-state index contributed by atoms with van der Waals surface area (Å²) in [5.41, 5.74) is 0.327. The van der Waals surface area contributed by atoms with E-state index in [1.54, 1.807) is 0 Å². The van der Waals surface area contributed by atoms with E-state index in [0.29, 0.717) is 12.0 Å². The first-order valence-corrected chi connectivity index (χ1v) is 5.37. The van der Waals surface area contributed by atoms with Crippen molar-refractivity contribution in [3.05, 3.63) is 0 Å². The minimum absolute atomic E-state index is 0.0110. The molecule has 0 bridgehead atoms. The molecule has 1 aliphatic heterocycles. The fourth-order valence-corrected chi connectivity index (χ4v) is 1.57. The van der Waals surface area contributed by atoms with E-state index in [1.165, 1.54) is 12.8 Å². The molecular formula is C10H17N3O2. The van der Waals surface area contributed by atoms with Crippen molar-refractivity contribution in [3.63, 3.8) is 0 Å². The Kier molecular flexibility index (Phi) is 2.65. The first-order chi connectivity index (χ1) is 7.09. The Bertz CT molecular complexity index is 276. The van der Waals surface area contributed by atoms with Gasteiger partial charge in [-0.2, -0.15) is 0 Å². The summed E-state index contributed by atoms with van der Waals surface area (Å²) in [6.45, 7) is 3.54. The van der Waals surface area contributed by atoms with Gasteiger partial charge in [0.1, 0.15) is 6.04 Å².